The Kier molecular flexibility index (Phi) is 13.8. The highest BCUT2D eigenvalue weighted by Gasteiger charge is 2.32. The van der Waals surface area contributed by atoms with Gasteiger partial charge in [0.2, 0.25) is 0 Å². The minimum Gasteiger partial charge on any atom is -0.315 e. The van der Waals surface area contributed by atoms with Gasteiger partial charge in [-0.2, -0.15) is 0 Å². The van der Waals surface area contributed by atoms with Crippen LogP contribution in [0.1, 0.15) is 75.2 Å². The van der Waals surface area contributed by atoms with Gasteiger partial charge >= 0.3 is 0 Å². The maximum atomic E-state index is 11.6. The van der Waals surface area contributed by atoms with Crippen molar-refractivity contribution in [3.05, 3.63) is 0 Å². The van der Waals surface area contributed by atoms with Crippen LogP contribution in [0.5, 0.6) is 0 Å². The van der Waals surface area contributed by atoms with Crippen LogP contribution in [-0.2, 0) is 4.79 Å². The molecule has 106 valence electrons. The van der Waals surface area contributed by atoms with Gasteiger partial charge in [0, 0.05) is 17.4 Å². The van der Waals surface area contributed by atoms with E-state index >= 15 is 0 Å². The smallest absolute Gasteiger partial charge is 0.138 e. The highest BCUT2D eigenvalue weighted by Crippen LogP contribution is 2.29. The van der Waals surface area contributed by atoms with Crippen LogP contribution < -0.4 is 5.32 Å². The van der Waals surface area contributed by atoms with Gasteiger partial charge in [-0.25, -0.2) is 0 Å². The lowest BCUT2D eigenvalue weighted by atomic mass is 9.76. The Morgan fingerprint density at radius 2 is 1.35 bits per heavy atom. The molecule has 0 unspecified atom stereocenters. The molecular formula is C15H35NO. The van der Waals surface area contributed by atoms with E-state index < -0.39 is 0 Å². The molecule has 0 saturated carbocycles. The molecule has 0 saturated heterocycles. The Balaban J connectivity index is -0.000000439. The van der Waals surface area contributed by atoms with Gasteiger partial charge in [0.1, 0.15) is 5.78 Å². The second kappa shape index (κ2) is 10.8. The van der Waals surface area contributed by atoms with Crippen LogP contribution in [0.4, 0.5) is 0 Å². The van der Waals surface area contributed by atoms with Gasteiger partial charge < -0.3 is 5.32 Å². The van der Waals surface area contributed by atoms with E-state index in [9.17, 15) is 4.79 Å². The molecule has 0 rings (SSSR count). The van der Waals surface area contributed by atoms with E-state index in [2.05, 4.69) is 19.2 Å². The zero-order valence-corrected chi connectivity index (χ0v) is 13.8. The molecule has 0 spiro atoms. The summed E-state index contributed by atoms with van der Waals surface area (Å²) >= 11 is 0. The van der Waals surface area contributed by atoms with Crippen molar-refractivity contribution in [1.29, 1.82) is 0 Å². The Morgan fingerprint density at radius 1 is 1.00 bits per heavy atom. The molecule has 0 aliphatic rings. The summed E-state index contributed by atoms with van der Waals surface area (Å²) < 4.78 is 0. The van der Waals surface area contributed by atoms with Crippen LogP contribution in [0.15, 0.2) is 0 Å². The molecule has 0 aromatic carbocycles. The monoisotopic (exact) mass is 245 g/mol. The van der Waals surface area contributed by atoms with Gasteiger partial charge in [0.15, 0.2) is 0 Å². The number of nitrogens with one attached hydrogen (secondary N) is 1. The molecule has 0 aliphatic heterocycles. The average molecular weight is 245 g/mol. The van der Waals surface area contributed by atoms with Crippen LogP contribution >= 0.6 is 0 Å². The van der Waals surface area contributed by atoms with E-state index in [1.54, 1.807) is 0 Å². The Morgan fingerprint density at radius 3 is 1.59 bits per heavy atom. The Bertz CT molecular complexity index is 183. The van der Waals surface area contributed by atoms with Crippen molar-refractivity contribution in [2.75, 3.05) is 7.05 Å². The van der Waals surface area contributed by atoms with Crippen molar-refractivity contribution in [2.45, 2.75) is 80.7 Å². The third-order valence-electron chi connectivity index (χ3n) is 2.64. The maximum Gasteiger partial charge on any atom is 0.138 e. The maximum absolute atomic E-state index is 11.6. The van der Waals surface area contributed by atoms with E-state index in [4.69, 9.17) is 0 Å². The van der Waals surface area contributed by atoms with Gasteiger partial charge in [0.05, 0.1) is 0 Å². The predicted molar refractivity (Wildman–Crippen MR) is 79.5 cm³/mol. The molecule has 1 N–H and O–H groups in total. The summed E-state index contributed by atoms with van der Waals surface area (Å²) in [4.78, 5) is 11.6. The van der Waals surface area contributed by atoms with Gasteiger partial charge in [-0.15, -0.1) is 0 Å². The molecule has 0 fully saturated rings. The fourth-order valence-electron chi connectivity index (χ4n) is 1.77. The second-order valence-electron chi connectivity index (χ2n) is 4.97. The Hall–Kier alpha value is -0.370. The minimum atomic E-state index is -0.207. The fourth-order valence-corrected chi connectivity index (χ4v) is 1.77. The van der Waals surface area contributed by atoms with Crippen LogP contribution in [-0.4, -0.2) is 18.4 Å². The SMILES string of the molecule is CC.CC.CCC(=O)C(C)(C)CC(C)(C)NC. The summed E-state index contributed by atoms with van der Waals surface area (Å²) in [5, 5.41) is 3.22. The summed E-state index contributed by atoms with van der Waals surface area (Å²) in [6, 6.07) is 0. The summed E-state index contributed by atoms with van der Waals surface area (Å²) in [6.45, 7) is 18.2. The molecule has 0 atom stereocenters. The van der Waals surface area contributed by atoms with E-state index in [0.29, 0.717) is 12.2 Å². The molecule has 0 aromatic rings. The summed E-state index contributed by atoms with van der Waals surface area (Å²) in [5.41, 5.74) is -0.171. The quantitative estimate of drug-likeness (QED) is 0.776. The molecule has 0 aliphatic carbocycles. The molecule has 17 heavy (non-hydrogen) atoms. The average Bonchev–Trinajstić information content (AvgIpc) is 2.32. The van der Waals surface area contributed by atoms with Crippen molar-refractivity contribution in [3.8, 4) is 0 Å². The standard InChI is InChI=1S/C11H23NO.2C2H6/c1-7-9(13)10(2,3)8-11(4,5)12-6;2*1-2/h12H,7-8H2,1-6H3;2*1-2H3. The van der Waals surface area contributed by atoms with E-state index in [-0.39, 0.29) is 11.0 Å². The zero-order chi connectivity index (χ0) is 14.7. The number of Topliss-reactive ketones (excluding diaryl/α,β-unsaturated/α-hetero) is 1. The lowest BCUT2D eigenvalue weighted by Gasteiger charge is -2.33. The highest BCUT2D eigenvalue weighted by molar-refractivity contribution is 5.83. The van der Waals surface area contributed by atoms with Crippen LogP contribution in [0.3, 0.4) is 0 Å². The summed E-state index contributed by atoms with van der Waals surface area (Å²) in [6.07, 6.45) is 1.51. The van der Waals surface area contributed by atoms with Crippen LogP contribution in [0.25, 0.3) is 0 Å². The molecule has 0 radical (unpaired) electrons. The molecule has 2 heteroatoms. The first kappa shape index (κ1) is 21.9. The van der Waals surface area contributed by atoms with Crippen LogP contribution in [0, 0.1) is 5.41 Å². The van der Waals surface area contributed by atoms with Crippen LogP contribution in [0.2, 0.25) is 0 Å². The third-order valence-corrected chi connectivity index (χ3v) is 2.64. The van der Waals surface area contributed by atoms with Crippen molar-refractivity contribution in [2.24, 2.45) is 5.41 Å². The van der Waals surface area contributed by atoms with Crippen molar-refractivity contribution >= 4 is 5.78 Å². The number of hydrogen-bond acceptors (Lipinski definition) is 2. The molecule has 0 heterocycles. The largest absolute Gasteiger partial charge is 0.315 e. The van der Waals surface area contributed by atoms with Gasteiger partial charge in [-0.1, -0.05) is 48.5 Å². The number of ketones is 1. The zero-order valence-electron chi connectivity index (χ0n) is 13.8. The first-order chi connectivity index (χ1) is 7.75. The number of carbonyl (C=O) groups excluding carboxylic acids is 1. The van der Waals surface area contributed by atoms with E-state index in [1.165, 1.54) is 0 Å². The van der Waals surface area contributed by atoms with E-state index in [0.717, 1.165) is 6.42 Å². The first-order valence-corrected chi connectivity index (χ1v) is 6.97. The molecule has 0 bridgehead atoms. The van der Waals surface area contributed by atoms with Gasteiger partial charge in [-0.05, 0) is 27.3 Å². The van der Waals surface area contributed by atoms with E-state index in [1.807, 2.05) is 55.5 Å². The number of carbonyl (C=O) groups is 1. The molecule has 0 aromatic heterocycles. The predicted octanol–water partition coefficient (Wildman–Crippen LogP) is 4.43. The van der Waals surface area contributed by atoms with Crippen molar-refractivity contribution in [3.63, 3.8) is 0 Å². The number of rotatable bonds is 5. The highest BCUT2D eigenvalue weighted by atomic mass is 16.1. The van der Waals surface area contributed by atoms with Gasteiger partial charge in [-0.3, -0.25) is 4.79 Å². The number of hydrogen-bond donors (Lipinski definition) is 1. The second-order valence-corrected chi connectivity index (χ2v) is 4.97. The van der Waals surface area contributed by atoms with Gasteiger partial charge in [0.25, 0.3) is 0 Å². The molecule has 0 amide bonds. The lowest BCUT2D eigenvalue weighted by Crippen LogP contribution is -2.42. The summed E-state index contributed by atoms with van der Waals surface area (Å²) in [7, 11) is 1.94. The van der Waals surface area contributed by atoms with Crippen molar-refractivity contribution < 1.29 is 4.79 Å². The minimum absolute atomic E-state index is 0.0360. The molecule has 2 nitrogen and oxygen atoms in total. The third kappa shape index (κ3) is 10.5. The fraction of sp³-hybridized carbons (Fsp3) is 0.933. The van der Waals surface area contributed by atoms with Crippen molar-refractivity contribution in [1.82, 2.24) is 5.32 Å². The Labute approximate surface area is 110 Å². The normalized spacial score (nSPS) is 10.7. The topological polar surface area (TPSA) is 29.1 Å². The molecular weight excluding hydrogens is 210 g/mol. The summed E-state index contributed by atoms with van der Waals surface area (Å²) in [5.74, 6) is 0.343. The first-order valence-electron chi connectivity index (χ1n) is 6.97. The lowest BCUT2D eigenvalue weighted by molar-refractivity contribution is -0.127.